The van der Waals surface area contributed by atoms with Crippen LogP contribution >= 0.6 is 0 Å². The maximum atomic E-state index is 2.33. The van der Waals surface area contributed by atoms with Crippen molar-refractivity contribution in [1.29, 1.82) is 0 Å². The zero-order valence-corrected chi connectivity index (χ0v) is 17.1. The van der Waals surface area contributed by atoms with Crippen molar-refractivity contribution in [1.82, 2.24) is 0 Å². The summed E-state index contributed by atoms with van der Waals surface area (Å²) in [4.78, 5) is 0. The molecule has 0 N–H and O–H groups in total. The van der Waals surface area contributed by atoms with Gasteiger partial charge in [0.1, 0.15) is 0 Å². The van der Waals surface area contributed by atoms with Crippen LogP contribution in [0.15, 0.2) is 0 Å². The summed E-state index contributed by atoms with van der Waals surface area (Å²) in [5.41, 5.74) is 0. The Morgan fingerprint density at radius 2 is 0.778 bits per heavy atom. The average molecular weight is 283 g/mol. The van der Waals surface area contributed by atoms with Crippen molar-refractivity contribution in [3.05, 3.63) is 0 Å². The molecule has 0 atom stereocenters. The average Bonchev–Trinajstić information content (AvgIpc) is 2.37. The molecule has 0 aliphatic heterocycles. The van der Waals surface area contributed by atoms with Gasteiger partial charge in [-0.15, -0.1) is 0 Å². The molecule has 0 aliphatic carbocycles. The Hall–Kier alpha value is 1.60. The van der Waals surface area contributed by atoms with E-state index in [-0.39, 0.29) is 52.8 Å². The van der Waals surface area contributed by atoms with E-state index in [0.29, 0.717) is 0 Å². The minimum atomic E-state index is 0. The summed E-state index contributed by atoms with van der Waals surface area (Å²) in [6.07, 6.45) is 11.1. The van der Waals surface area contributed by atoms with Gasteiger partial charge in [-0.1, -0.05) is 53.4 Å². The van der Waals surface area contributed by atoms with E-state index in [1.807, 2.05) is 0 Å². The Kier molecular flexibility index (Phi) is 18.2. The van der Waals surface area contributed by atoms with E-state index in [0.717, 1.165) is 0 Å². The molecule has 0 amide bonds. The number of hydrogen-bond acceptors (Lipinski definition) is 0. The number of quaternary nitrogens is 1. The first-order valence-electron chi connectivity index (χ1n) is 8.09. The van der Waals surface area contributed by atoms with Crippen molar-refractivity contribution in [2.75, 3.05) is 26.2 Å². The van der Waals surface area contributed by atoms with Crippen LogP contribution in [0.3, 0.4) is 0 Å². The number of rotatable bonds is 12. The number of hydrogen-bond donors (Lipinski definition) is 0. The second-order valence-corrected chi connectivity index (χ2v) is 5.65. The topological polar surface area (TPSA) is 0 Å². The quantitative estimate of drug-likeness (QED) is 0.380. The van der Waals surface area contributed by atoms with E-state index in [2.05, 4.69) is 27.7 Å². The second-order valence-electron chi connectivity index (χ2n) is 5.65. The van der Waals surface area contributed by atoms with E-state index < -0.39 is 0 Å². The van der Waals surface area contributed by atoms with Crippen molar-refractivity contribution >= 4 is 0 Å². The summed E-state index contributed by atoms with van der Waals surface area (Å²) in [7, 11) is 0. The number of unbranched alkanes of at least 4 members (excludes halogenated alkanes) is 4. The van der Waals surface area contributed by atoms with Gasteiger partial charge in [0.05, 0.1) is 26.2 Å². The predicted molar refractivity (Wildman–Crippen MR) is 80.5 cm³/mol. The van der Waals surface area contributed by atoms with Crippen molar-refractivity contribution in [3.8, 4) is 0 Å². The van der Waals surface area contributed by atoms with Crippen LogP contribution in [0.5, 0.6) is 0 Å². The molecule has 0 fully saturated rings. The van der Waals surface area contributed by atoms with Crippen LogP contribution < -0.4 is 51.4 Å². The SMILES string of the molecule is CCCC[N+](CCCC)(CCCC)CCCC.[H-].[K+]. The van der Waals surface area contributed by atoms with Gasteiger partial charge in [-0.2, -0.15) is 0 Å². The smallest absolute Gasteiger partial charge is 1.00 e. The fourth-order valence-electron chi connectivity index (χ4n) is 2.64. The molecule has 2 heteroatoms. The maximum absolute atomic E-state index is 2.33. The summed E-state index contributed by atoms with van der Waals surface area (Å²) < 4.78 is 1.42. The van der Waals surface area contributed by atoms with Gasteiger partial charge >= 0.3 is 51.4 Å². The monoisotopic (exact) mass is 282 g/mol. The van der Waals surface area contributed by atoms with Gasteiger partial charge in [0.2, 0.25) is 0 Å². The Morgan fingerprint density at radius 1 is 0.556 bits per heavy atom. The zero-order valence-electron chi connectivity index (χ0n) is 14.9. The molecule has 0 aromatic rings. The third kappa shape index (κ3) is 10.4. The molecule has 0 bridgehead atoms. The Labute approximate surface area is 161 Å². The molecule has 0 aromatic heterocycles. The van der Waals surface area contributed by atoms with Crippen LogP contribution in [-0.2, 0) is 0 Å². The minimum absolute atomic E-state index is 0. The first-order chi connectivity index (χ1) is 8.24. The summed E-state index contributed by atoms with van der Waals surface area (Å²) in [6, 6.07) is 0. The molecular weight excluding hydrogens is 245 g/mol. The van der Waals surface area contributed by atoms with Crippen molar-refractivity contribution in [2.24, 2.45) is 0 Å². The molecule has 0 spiro atoms. The van der Waals surface area contributed by atoms with Gasteiger partial charge in [0, 0.05) is 0 Å². The van der Waals surface area contributed by atoms with Crippen LogP contribution in [-0.4, -0.2) is 30.7 Å². The van der Waals surface area contributed by atoms with Crippen LogP contribution in [0.2, 0.25) is 0 Å². The maximum Gasteiger partial charge on any atom is 1.00 e. The Balaban J connectivity index is -0.00000128. The standard InChI is InChI=1S/C16H36N.K.H/c1-5-9-13-17(14-10-6-2,15-11-7-3)16-12-8-4;;/h5-16H2,1-4H3;;/q2*+1;-1. The molecule has 0 saturated carbocycles. The van der Waals surface area contributed by atoms with Gasteiger partial charge in [0.25, 0.3) is 0 Å². The summed E-state index contributed by atoms with van der Waals surface area (Å²) >= 11 is 0. The molecule has 0 rings (SSSR count). The van der Waals surface area contributed by atoms with Crippen molar-refractivity contribution in [2.45, 2.75) is 79.1 Å². The van der Waals surface area contributed by atoms with Crippen LogP contribution in [0, 0.1) is 0 Å². The molecular formula is C16H37KN+. The summed E-state index contributed by atoms with van der Waals surface area (Å²) in [5, 5.41) is 0. The summed E-state index contributed by atoms with van der Waals surface area (Å²) in [6.45, 7) is 15.0. The molecule has 0 radical (unpaired) electrons. The van der Waals surface area contributed by atoms with Crippen LogP contribution in [0.25, 0.3) is 0 Å². The van der Waals surface area contributed by atoms with E-state index in [1.165, 1.54) is 82.0 Å². The van der Waals surface area contributed by atoms with Gasteiger partial charge in [0.15, 0.2) is 0 Å². The van der Waals surface area contributed by atoms with Gasteiger partial charge in [-0.05, 0) is 25.7 Å². The molecule has 1 nitrogen and oxygen atoms in total. The van der Waals surface area contributed by atoms with E-state index in [9.17, 15) is 0 Å². The fraction of sp³-hybridized carbons (Fsp3) is 1.00. The fourth-order valence-corrected chi connectivity index (χ4v) is 2.64. The third-order valence-corrected chi connectivity index (χ3v) is 3.94. The van der Waals surface area contributed by atoms with E-state index in [4.69, 9.17) is 0 Å². The molecule has 0 heterocycles. The zero-order chi connectivity index (χ0) is 13.0. The van der Waals surface area contributed by atoms with Crippen molar-refractivity contribution in [3.63, 3.8) is 0 Å². The number of nitrogens with zero attached hydrogens (tertiary/aromatic N) is 1. The molecule has 0 saturated heterocycles. The van der Waals surface area contributed by atoms with Gasteiger partial charge in [-0.3, -0.25) is 0 Å². The second kappa shape index (κ2) is 15.0. The normalized spacial score (nSPS) is 11.3. The molecule has 18 heavy (non-hydrogen) atoms. The molecule has 106 valence electrons. The van der Waals surface area contributed by atoms with Crippen LogP contribution in [0.1, 0.15) is 80.5 Å². The molecule has 0 aliphatic rings. The first-order valence-corrected chi connectivity index (χ1v) is 8.09. The largest absolute Gasteiger partial charge is 1.00 e. The van der Waals surface area contributed by atoms with E-state index >= 15 is 0 Å². The third-order valence-electron chi connectivity index (χ3n) is 3.94. The molecule has 0 unspecified atom stereocenters. The first kappa shape index (κ1) is 21.9. The van der Waals surface area contributed by atoms with E-state index in [1.54, 1.807) is 0 Å². The Morgan fingerprint density at radius 3 is 0.944 bits per heavy atom. The summed E-state index contributed by atoms with van der Waals surface area (Å²) in [5.74, 6) is 0. The van der Waals surface area contributed by atoms with Gasteiger partial charge in [-0.25, -0.2) is 0 Å². The van der Waals surface area contributed by atoms with Crippen molar-refractivity contribution < 1.29 is 57.3 Å². The predicted octanol–water partition coefficient (Wildman–Crippen LogP) is 2.12. The van der Waals surface area contributed by atoms with Gasteiger partial charge < -0.3 is 5.91 Å². The Bertz CT molecular complexity index is 127. The minimum Gasteiger partial charge on any atom is -1.00 e. The van der Waals surface area contributed by atoms with Crippen LogP contribution in [0.4, 0.5) is 0 Å². The molecule has 0 aromatic carbocycles.